The van der Waals surface area contributed by atoms with Crippen molar-refractivity contribution in [1.82, 2.24) is 0 Å². The monoisotopic (exact) mass is 622 g/mol. The molecule has 1 aromatic heterocycles. The summed E-state index contributed by atoms with van der Waals surface area (Å²) in [6, 6.07) is 65.9. The molecule has 10 rings (SSSR count). The zero-order valence-electron chi connectivity index (χ0n) is 26.7. The Morgan fingerprint density at radius 3 is 1.57 bits per heavy atom. The standard InChI is InChI=1S/C48H30O/c1-2-10-31(11-3-1)34-22-24-47-45(28-34)46-29-35(23-25-48(46)49-47)33-20-18-32-19-21-37(27-38(32)26-33)40-14-6-7-16-42(40)44-30-36-12-4-5-13-39(36)41-15-8-9-17-43(41)44/h1-30H. The van der Waals surface area contributed by atoms with Gasteiger partial charge in [0.1, 0.15) is 11.2 Å². The van der Waals surface area contributed by atoms with Gasteiger partial charge in [0.05, 0.1) is 0 Å². The van der Waals surface area contributed by atoms with Crippen LogP contribution in [-0.4, -0.2) is 0 Å². The van der Waals surface area contributed by atoms with Gasteiger partial charge in [0, 0.05) is 10.8 Å². The fraction of sp³-hybridized carbons (Fsp3) is 0. The fourth-order valence-corrected chi connectivity index (χ4v) is 7.61. The van der Waals surface area contributed by atoms with Crippen LogP contribution in [0.25, 0.3) is 98.8 Å². The van der Waals surface area contributed by atoms with E-state index in [2.05, 4.69) is 182 Å². The van der Waals surface area contributed by atoms with Crippen molar-refractivity contribution in [1.29, 1.82) is 0 Å². The van der Waals surface area contributed by atoms with Crippen LogP contribution in [0.1, 0.15) is 0 Å². The molecule has 49 heavy (non-hydrogen) atoms. The van der Waals surface area contributed by atoms with Gasteiger partial charge in [-0.1, -0.05) is 140 Å². The molecule has 0 spiro atoms. The molecular formula is C48H30O. The van der Waals surface area contributed by atoms with Crippen LogP contribution in [-0.2, 0) is 0 Å². The average Bonchev–Trinajstić information content (AvgIpc) is 3.55. The lowest BCUT2D eigenvalue weighted by Gasteiger charge is -2.15. The first-order valence-corrected chi connectivity index (χ1v) is 16.8. The lowest BCUT2D eigenvalue weighted by molar-refractivity contribution is 0.669. The number of furan rings is 1. The molecule has 0 saturated carbocycles. The first-order valence-electron chi connectivity index (χ1n) is 16.8. The molecule has 1 heteroatoms. The molecule has 0 bridgehead atoms. The number of hydrogen-bond acceptors (Lipinski definition) is 1. The van der Waals surface area contributed by atoms with Gasteiger partial charge in [-0.3, -0.25) is 0 Å². The van der Waals surface area contributed by atoms with Crippen LogP contribution < -0.4 is 0 Å². The van der Waals surface area contributed by atoms with Crippen molar-refractivity contribution in [2.75, 3.05) is 0 Å². The van der Waals surface area contributed by atoms with E-state index in [0.717, 1.165) is 21.9 Å². The Hall–Kier alpha value is -6.44. The molecule has 228 valence electrons. The molecule has 0 amide bonds. The van der Waals surface area contributed by atoms with Crippen LogP contribution in [0.5, 0.6) is 0 Å². The first-order chi connectivity index (χ1) is 24.3. The molecule has 10 aromatic rings. The Kier molecular flexibility index (Phi) is 6.25. The highest BCUT2D eigenvalue weighted by atomic mass is 16.3. The van der Waals surface area contributed by atoms with Gasteiger partial charge in [-0.05, 0) is 119 Å². The van der Waals surface area contributed by atoms with Crippen LogP contribution in [0, 0.1) is 0 Å². The highest BCUT2D eigenvalue weighted by Crippen LogP contribution is 2.41. The topological polar surface area (TPSA) is 13.1 Å². The minimum absolute atomic E-state index is 0.907. The second-order valence-corrected chi connectivity index (χ2v) is 12.9. The third-order valence-electron chi connectivity index (χ3n) is 10.0. The van der Waals surface area contributed by atoms with Gasteiger partial charge >= 0.3 is 0 Å². The summed E-state index contributed by atoms with van der Waals surface area (Å²) in [7, 11) is 0. The molecule has 0 atom stereocenters. The summed E-state index contributed by atoms with van der Waals surface area (Å²) in [6.07, 6.45) is 0. The summed E-state index contributed by atoms with van der Waals surface area (Å²) < 4.78 is 6.27. The number of fused-ring (bicyclic) bond motifs is 7. The zero-order valence-corrected chi connectivity index (χ0v) is 26.7. The van der Waals surface area contributed by atoms with Crippen LogP contribution in [0.15, 0.2) is 186 Å². The Morgan fingerprint density at radius 1 is 0.245 bits per heavy atom. The Balaban J connectivity index is 1.09. The van der Waals surface area contributed by atoms with Gasteiger partial charge in [-0.2, -0.15) is 0 Å². The molecule has 1 nitrogen and oxygen atoms in total. The van der Waals surface area contributed by atoms with Crippen molar-refractivity contribution in [3.8, 4) is 44.5 Å². The van der Waals surface area contributed by atoms with E-state index in [4.69, 9.17) is 4.42 Å². The molecule has 0 radical (unpaired) electrons. The molecule has 0 fully saturated rings. The summed E-state index contributed by atoms with van der Waals surface area (Å²) in [4.78, 5) is 0. The van der Waals surface area contributed by atoms with E-state index >= 15 is 0 Å². The maximum Gasteiger partial charge on any atom is 0.135 e. The van der Waals surface area contributed by atoms with Gasteiger partial charge in [0.2, 0.25) is 0 Å². The maximum absolute atomic E-state index is 6.27. The molecule has 0 N–H and O–H groups in total. The number of hydrogen-bond donors (Lipinski definition) is 0. The van der Waals surface area contributed by atoms with E-state index < -0.39 is 0 Å². The predicted molar refractivity (Wildman–Crippen MR) is 208 cm³/mol. The quantitative estimate of drug-likeness (QED) is 0.178. The Bertz CT molecular complexity index is 2870. The first kappa shape index (κ1) is 27.7. The van der Waals surface area contributed by atoms with E-state index in [1.54, 1.807) is 0 Å². The summed E-state index contributed by atoms with van der Waals surface area (Å²) in [5.41, 5.74) is 11.5. The Labute approximate surface area is 284 Å². The summed E-state index contributed by atoms with van der Waals surface area (Å²) in [5, 5.41) is 9.82. The van der Waals surface area contributed by atoms with Gasteiger partial charge in [0.15, 0.2) is 0 Å². The Morgan fingerprint density at radius 2 is 0.796 bits per heavy atom. The van der Waals surface area contributed by atoms with Gasteiger partial charge in [0.25, 0.3) is 0 Å². The van der Waals surface area contributed by atoms with Crippen LogP contribution in [0.2, 0.25) is 0 Å². The molecular weight excluding hydrogens is 593 g/mol. The van der Waals surface area contributed by atoms with Crippen LogP contribution >= 0.6 is 0 Å². The zero-order chi connectivity index (χ0) is 32.3. The number of rotatable bonds is 4. The van der Waals surface area contributed by atoms with Crippen molar-refractivity contribution in [2.45, 2.75) is 0 Å². The van der Waals surface area contributed by atoms with Gasteiger partial charge in [-0.25, -0.2) is 0 Å². The van der Waals surface area contributed by atoms with Crippen LogP contribution in [0.4, 0.5) is 0 Å². The van der Waals surface area contributed by atoms with Gasteiger partial charge < -0.3 is 4.42 Å². The van der Waals surface area contributed by atoms with Gasteiger partial charge in [-0.15, -0.1) is 0 Å². The minimum Gasteiger partial charge on any atom is -0.456 e. The average molecular weight is 623 g/mol. The summed E-state index contributed by atoms with van der Waals surface area (Å²) in [5.74, 6) is 0. The van der Waals surface area contributed by atoms with E-state index in [1.165, 1.54) is 76.8 Å². The lowest BCUT2D eigenvalue weighted by atomic mass is 9.88. The van der Waals surface area contributed by atoms with Crippen molar-refractivity contribution >= 4 is 54.3 Å². The maximum atomic E-state index is 6.27. The van der Waals surface area contributed by atoms with E-state index in [9.17, 15) is 0 Å². The number of benzene rings is 9. The van der Waals surface area contributed by atoms with E-state index in [1.807, 2.05) is 0 Å². The largest absolute Gasteiger partial charge is 0.456 e. The summed E-state index contributed by atoms with van der Waals surface area (Å²) in [6.45, 7) is 0. The third-order valence-corrected chi connectivity index (χ3v) is 10.0. The molecule has 0 aliphatic carbocycles. The molecule has 0 aliphatic heterocycles. The highest BCUT2D eigenvalue weighted by molar-refractivity contribution is 6.15. The van der Waals surface area contributed by atoms with Crippen LogP contribution in [0.3, 0.4) is 0 Å². The molecule has 0 unspecified atom stereocenters. The van der Waals surface area contributed by atoms with Crippen molar-refractivity contribution in [3.63, 3.8) is 0 Å². The van der Waals surface area contributed by atoms with Crippen molar-refractivity contribution in [3.05, 3.63) is 182 Å². The van der Waals surface area contributed by atoms with E-state index in [0.29, 0.717) is 0 Å². The second kappa shape index (κ2) is 11.1. The SMILES string of the molecule is c1ccc(-c2ccc3oc4ccc(-c5ccc6ccc(-c7ccccc7-c7cc8ccccc8c8ccccc78)cc6c5)cc4c3c2)cc1. The fourth-order valence-electron chi connectivity index (χ4n) is 7.61. The molecule has 1 heterocycles. The van der Waals surface area contributed by atoms with E-state index in [-0.39, 0.29) is 0 Å². The van der Waals surface area contributed by atoms with Crippen molar-refractivity contribution in [2.24, 2.45) is 0 Å². The second-order valence-electron chi connectivity index (χ2n) is 12.9. The summed E-state index contributed by atoms with van der Waals surface area (Å²) >= 11 is 0. The van der Waals surface area contributed by atoms with Crippen molar-refractivity contribution < 1.29 is 4.42 Å². The lowest BCUT2D eigenvalue weighted by Crippen LogP contribution is -1.89. The predicted octanol–water partition coefficient (Wildman–Crippen LogP) is 13.7. The third kappa shape index (κ3) is 4.63. The smallest absolute Gasteiger partial charge is 0.135 e. The molecule has 0 aliphatic rings. The molecule has 9 aromatic carbocycles. The molecule has 0 saturated heterocycles. The minimum atomic E-state index is 0.907. The normalized spacial score (nSPS) is 11.7. The highest BCUT2D eigenvalue weighted by Gasteiger charge is 2.14.